The van der Waals surface area contributed by atoms with Gasteiger partial charge in [-0.1, -0.05) is 11.3 Å². The van der Waals surface area contributed by atoms with E-state index in [1.807, 2.05) is 4.40 Å². The van der Waals surface area contributed by atoms with Crippen molar-refractivity contribution in [2.24, 2.45) is 0 Å². The number of hydrogen-bond donors (Lipinski definition) is 0. The van der Waals surface area contributed by atoms with E-state index in [-0.39, 0.29) is 0 Å². The van der Waals surface area contributed by atoms with E-state index in [0.717, 1.165) is 47.9 Å². The number of alkyl halides is 3. The largest absolute Gasteiger partial charge is 0.416 e. The maximum atomic E-state index is 12.8. The Morgan fingerprint density at radius 3 is 2.75 bits per heavy atom. The van der Waals surface area contributed by atoms with Gasteiger partial charge in [-0.3, -0.25) is 4.40 Å². The van der Waals surface area contributed by atoms with Crippen molar-refractivity contribution in [2.45, 2.75) is 31.9 Å². The second-order valence-corrected chi connectivity index (χ2v) is 6.12. The predicted molar refractivity (Wildman–Crippen MR) is 72.2 cm³/mol. The van der Waals surface area contributed by atoms with Gasteiger partial charge < -0.3 is 0 Å². The smallest absolute Gasteiger partial charge is 0.287 e. The van der Waals surface area contributed by atoms with Gasteiger partial charge in [0.25, 0.3) is 0 Å². The molecule has 1 aliphatic rings. The molecule has 0 spiro atoms. The molecule has 0 bridgehead atoms. The highest BCUT2D eigenvalue weighted by Crippen LogP contribution is 2.36. The van der Waals surface area contributed by atoms with E-state index in [2.05, 4.69) is 4.98 Å². The Balaban J connectivity index is 1.99. The van der Waals surface area contributed by atoms with Crippen LogP contribution in [0.25, 0.3) is 15.2 Å². The van der Waals surface area contributed by atoms with Gasteiger partial charge in [0, 0.05) is 5.69 Å². The van der Waals surface area contributed by atoms with Crippen LogP contribution in [0.3, 0.4) is 0 Å². The van der Waals surface area contributed by atoms with E-state index < -0.39 is 11.7 Å². The van der Waals surface area contributed by atoms with Crippen molar-refractivity contribution >= 4 is 26.5 Å². The van der Waals surface area contributed by atoms with Gasteiger partial charge in [-0.15, -0.1) is 0 Å². The normalized spacial score (nSPS) is 15.9. The average Bonchev–Trinajstić information content (AvgIpc) is 2.91. The van der Waals surface area contributed by atoms with Crippen LogP contribution in [-0.4, -0.2) is 9.38 Å². The summed E-state index contributed by atoms with van der Waals surface area (Å²) in [5.74, 6) is 0. The van der Waals surface area contributed by atoms with Crippen LogP contribution < -0.4 is 0 Å². The van der Waals surface area contributed by atoms with Crippen molar-refractivity contribution in [3.05, 3.63) is 35.2 Å². The molecule has 0 aliphatic heterocycles. The zero-order valence-electron chi connectivity index (χ0n) is 10.5. The van der Waals surface area contributed by atoms with Crippen LogP contribution in [0.15, 0.2) is 18.2 Å². The summed E-state index contributed by atoms with van der Waals surface area (Å²) in [6, 6.07) is 3.95. The van der Waals surface area contributed by atoms with E-state index in [0.29, 0.717) is 4.70 Å². The second-order valence-electron chi connectivity index (χ2n) is 5.11. The minimum Gasteiger partial charge on any atom is -0.287 e. The number of halogens is 3. The Morgan fingerprint density at radius 2 is 1.95 bits per heavy atom. The maximum Gasteiger partial charge on any atom is 0.416 e. The van der Waals surface area contributed by atoms with Crippen LogP contribution >= 0.6 is 11.3 Å². The van der Waals surface area contributed by atoms with Gasteiger partial charge in [0.15, 0.2) is 4.96 Å². The van der Waals surface area contributed by atoms with Gasteiger partial charge in [0.2, 0.25) is 0 Å². The third-order valence-corrected chi connectivity index (χ3v) is 4.83. The first-order valence-electron chi connectivity index (χ1n) is 6.54. The minimum atomic E-state index is -4.29. The Hall–Kier alpha value is -1.56. The summed E-state index contributed by atoms with van der Waals surface area (Å²) in [5.41, 5.74) is 2.54. The maximum absolute atomic E-state index is 12.8. The topological polar surface area (TPSA) is 17.3 Å². The first-order valence-corrected chi connectivity index (χ1v) is 7.35. The fourth-order valence-electron chi connectivity index (χ4n) is 2.89. The van der Waals surface area contributed by atoms with Crippen molar-refractivity contribution in [1.82, 2.24) is 9.38 Å². The molecule has 104 valence electrons. The lowest BCUT2D eigenvalue weighted by Gasteiger charge is -2.10. The molecule has 4 rings (SSSR count). The summed E-state index contributed by atoms with van der Waals surface area (Å²) in [6.07, 6.45) is -0.0817. The molecule has 1 aromatic carbocycles. The zero-order valence-corrected chi connectivity index (χ0v) is 11.3. The lowest BCUT2D eigenvalue weighted by atomic mass is 10.0. The first-order chi connectivity index (χ1) is 9.54. The number of hydrogen-bond acceptors (Lipinski definition) is 2. The fraction of sp³-hybridized carbons (Fsp3) is 0.357. The summed E-state index contributed by atoms with van der Waals surface area (Å²) < 4.78 is 40.9. The molecule has 0 saturated heterocycles. The molecule has 0 unspecified atom stereocenters. The number of fused-ring (bicyclic) bond motifs is 5. The molecule has 0 atom stereocenters. The number of rotatable bonds is 0. The number of aromatic nitrogens is 2. The van der Waals surface area contributed by atoms with Gasteiger partial charge in [-0.2, -0.15) is 13.2 Å². The van der Waals surface area contributed by atoms with Gasteiger partial charge in [0.05, 0.1) is 21.5 Å². The van der Waals surface area contributed by atoms with Crippen molar-refractivity contribution in [3.8, 4) is 0 Å². The monoisotopic (exact) mass is 296 g/mol. The third kappa shape index (κ3) is 1.67. The average molecular weight is 296 g/mol. The first kappa shape index (κ1) is 12.2. The lowest BCUT2D eigenvalue weighted by Crippen LogP contribution is -2.05. The number of imidazole rings is 1. The van der Waals surface area contributed by atoms with E-state index in [4.69, 9.17) is 0 Å². The SMILES string of the molecule is FC(F)(F)c1ccc2c(c1)sc1nc3c(n12)CCCC3. The Morgan fingerprint density at radius 1 is 1.15 bits per heavy atom. The van der Waals surface area contributed by atoms with Crippen molar-refractivity contribution in [1.29, 1.82) is 0 Å². The Kier molecular flexibility index (Phi) is 2.42. The molecule has 2 aromatic heterocycles. The van der Waals surface area contributed by atoms with E-state index in [1.165, 1.54) is 23.1 Å². The standard InChI is InChI=1S/C14H11F3N2S/c15-14(16,17)8-5-6-11-12(7-8)20-13-18-9-3-1-2-4-10(9)19(11)13/h5-7H,1-4H2. The molecule has 0 N–H and O–H groups in total. The Labute approximate surface area is 116 Å². The number of aryl methyl sites for hydroxylation is 2. The second kappa shape index (κ2) is 3.97. The van der Waals surface area contributed by atoms with E-state index >= 15 is 0 Å². The van der Waals surface area contributed by atoms with Crippen molar-refractivity contribution < 1.29 is 13.2 Å². The minimum absolute atomic E-state index is 0.594. The molecule has 6 heteroatoms. The number of thiazole rings is 1. The van der Waals surface area contributed by atoms with E-state index in [9.17, 15) is 13.2 Å². The van der Waals surface area contributed by atoms with Crippen LogP contribution in [0.1, 0.15) is 29.8 Å². The van der Waals surface area contributed by atoms with Gasteiger partial charge >= 0.3 is 6.18 Å². The quantitative estimate of drug-likeness (QED) is 0.599. The number of benzene rings is 1. The van der Waals surface area contributed by atoms with Crippen LogP contribution in [0.2, 0.25) is 0 Å². The van der Waals surface area contributed by atoms with Crippen LogP contribution in [0.5, 0.6) is 0 Å². The highest BCUT2D eigenvalue weighted by molar-refractivity contribution is 7.23. The van der Waals surface area contributed by atoms with Gasteiger partial charge in [-0.25, -0.2) is 4.98 Å². The highest BCUT2D eigenvalue weighted by atomic mass is 32.1. The molecule has 20 heavy (non-hydrogen) atoms. The highest BCUT2D eigenvalue weighted by Gasteiger charge is 2.31. The zero-order chi connectivity index (χ0) is 13.9. The Bertz CT molecular complexity index is 813. The molecular weight excluding hydrogens is 285 g/mol. The molecule has 3 aromatic rings. The van der Waals surface area contributed by atoms with Gasteiger partial charge in [0.1, 0.15) is 0 Å². The molecule has 2 heterocycles. The summed E-state index contributed by atoms with van der Waals surface area (Å²) >= 11 is 1.34. The van der Waals surface area contributed by atoms with Crippen molar-refractivity contribution in [3.63, 3.8) is 0 Å². The summed E-state index contributed by atoms with van der Waals surface area (Å²) in [5, 5.41) is 0. The molecule has 2 nitrogen and oxygen atoms in total. The van der Waals surface area contributed by atoms with Gasteiger partial charge in [-0.05, 0) is 43.9 Å². The van der Waals surface area contributed by atoms with Crippen molar-refractivity contribution in [2.75, 3.05) is 0 Å². The van der Waals surface area contributed by atoms with Crippen LogP contribution in [0.4, 0.5) is 13.2 Å². The molecule has 1 aliphatic carbocycles. The number of nitrogens with zero attached hydrogens (tertiary/aromatic N) is 2. The predicted octanol–water partition coefficient (Wildman–Crippen LogP) is 4.45. The lowest BCUT2D eigenvalue weighted by molar-refractivity contribution is -0.137. The summed E-state index contributed by atoms with van der Waals surface area (Å²) in [4.78, 5) is 5.39. The summed E-state index contributed by atoms with van der Waals surface area (Å²) in [7, 11) is 0. The molecule has 0 amide bonds. The molecule has 0 radical (unpaired) electrons. The molecule has 0 saturated carbocycles. The fourth-order valence-corrected chi connectivity index (χ4v) is 3.99. The summed E-state index contributed by atoms with van der Waals surface area (Å²) in [6.45, 7) is 0. The van der Waals surface area contributed by atoms with Crippen LogP contribution in [0, 0.1) is 0 Å². The van der Waals surface area contributed by atoms with E-state index in [1.54, 1.807) is 6.07 Å². The molecule has 0 fully saturated rings. The van der Waals surface area contributed by atoms with Crippen LogP contribution in [-0.2, 0) is 19.0 Å². The third-order valence-electron chi connectivity index (χ3n) is 3.83. The molecular formula is C14H11F3N2S.